The van der Waals surface area contributed by atoms with Gasteiger partial charge in [0.15, 0.2) is 0 Å². The van der Waals surface area contributed by atoms with Gasteiger partial charge in [0.05, 0.1) is 6.21 Å². The lowest BCUT2D eigenvalue weighted by Crippen LogP contribution is -2.06. The van der Waals surface area contributed by atoms with Crippen LogP contribution in [0.15, 0.2) is 39.5 Å². The minimum atomic E-state index is 0.0692. The zero-order valence-corrected chi connectivity index (χ0v) is 10.6. The number of nitrogens with zero attached hydrogens (tertiary/aromatic N) is 3. The highest BCUT2D eigenvalue weighted by Crippen LogP contribution is 2.28. The molecule has 3 nitrogen and oxygen atoms in total. The molecule has 0 aromatic heterocycles. The molecule has 0 aliphatic carbocycles. The number of thioether (sulfide) groups is 1. The molecule has 0 spiro atoms. The van der Waals surface area contributed by atoms with E-state index >= 15 is 0 Å². The van der Waals surface area contributed by atoms with Crippen molar-refractivity contribution in [1.29, 1.82) is 0 Å². The highest BCUT2D eigenvalue weighted by atomic mass is 32.2. The van der Waals surface area contributed by atoms with Crippen LogP contribution in [-0.4, -0.2) is 22.3 Å². The van der Waals surface area contributed by atoms with E-state index in [9.17, 15) is 0 Å². The van der Waals surface area contributed by atoms with Crippen LogP contribution < -0.4 is 0 Å². The Hall–Kier alpha value is -1.42. The van der Waals surface area contributed by atoms with Crippen LogP contribution in [-0.2, 0) is 0 Å². The Morgan fingerprint density at radius 1 is 1.18 bits per heavy atom. The van der Waals surface area contributed by atoms with Crippen molar-refractivity contribution in [3.8, 4) is 0 Å². The van der Waals surface area contributed by atoms with Crippen LogP contribution in [0.2, 0.25) is 0 Å². The van der Waals surface area contributed by atoms with Gasteiger partial charge in [-0.15, -0.1) is 5.10 Å². The van der Waals surface area contributed by atoms with Crippen LogP contribution in [0.5, 0.6) is 0 Å². The topological polar surface area (TPSA) is 37.1 Å². The van der Waals surface area contributed by atoms with Gasteiger partial charge in [-0.2, -0.15) is 5.10 Å². The zero-order valence-electron chi connectivity index (χ0n) is 9.79. The van der Waals surface area contributed by atoms with Gasteiger partial charge in [-0.25, -0.2) is 0 Å². The average Bonchev–Trinajstić information content (AvgIpc) is 2.89. The molecular weight excluding hydrogens is 230 g/mol. The lowest BCUT2D eigenvalue weighted by Gasteiger charge is -2.06. The summed E-state index contributed by atoms with van der Waals surface area (Å²) in [7, 11) is 0. The minimum absolute atomic E-state index is 0.0692. The van der Waals surface area contributed by atoms with Gasteiger partial charge in [0.2, 0.25) is 0 Å². The van der Waals surface area contributed by atoms with E-state index in [1.807, 2.05) is 0 Å². The summed E-state index contributed by atoms with van der Waals surface area (Å²) >= 11 is 1.62. The normalized spacial score (nSPS) is 21.7. The maximum atomic E-state index is 4.59. The van der Waals surface area contributed by atoms with E-state index in [0.29, 0.717) is 5.92 Å². The highest BCUT2D eigenvalue weighted by Gasteiger charge is 2.28. The van der Waals surface area contributed by atoms with Crippen LogP contribution in [0.25, 0.3) is 0 Å². The van der Waals surface area contributed by atoms with Crippen molar-refractivity contribution in [2.24, 2.45) is 15.2 Å². The predicted molar refractivity (Wildman–Crippen MR) is 74.4 cm³/mol. The van der Waals surface area contributed by atoms with Crippen LogP contribution in [0, 0.1) is 0 Å². The summed E-state index contributed by atoms with van der Waals surface area (Å²) in [5.41, 5.74) is 2.53. The number of hydrogen-bond donors (Lipinski definition) is 0. The Morgan fingerprint density at radius 2 is 1.94 bits per heavy atom. The van der Waals surface area contributed by atoms with Gasteiger partial charge in [-0.05, 0) is 23.2 Å². The van der Waals surface area contributed by atoms with Crippen LogP contribution >= 0.6 is 11.8 Å². The second-order valence-corrected chi connectivity index (χ2v) is 5.47. The molecule has 1 atom stereocenters. The maximum Gasteiger partial charge on any atom is 0.138 e. The second-order valence-electron chi connectivity index (χ2n) is 4.46. The van der Waals surface area contributed by atoms with Gasteiger partial charge in [-0.3, -0.25) is 4.99 Å². The molecule has 1 unspecified atom stereocenters. The van der Waals surface area contributed by atoms with Crippen molar-refractivity contribution < 1.29 is 0 Å². The molecule has 2 heterocycles. The molecule has 3 rings (SSSR count). The molecule has 17 heavy (non-hydrogen) atoms. The van der Waals surface area contributed by atoms with Crippen molar-refractivity contribution in [3.63, 3.8) is 0 Å². The Balaban J connectivity index is 1.86. The Labute approximate surface area is 105 Å². The molecule has 0 amide bonds. The Morgan fingerprint density at radius 3 is 2.59 bits per heavy atom. The van der Waals surface area contributed by atoms with Crippen molar-refractivity contribution in [2.75, 3.05) is 0 Å². The first kappa shape index (κ1) is 10.7. The second kappa shape index (κ2) is 4.11. The number of benzene rings is 1. The van der Waals surface area contributed by atoms with Crippen molar-refractivity contribution in [1.82, 2.24) is 0 Å². The zero-order chi connectivity index (χ0) is 11.8. The predicted octanol–water partition coefficient (Wildman–Crippen LogP) is 3.07. The fourth-order valence-electron chi connectivity index (χ4n) is 1.84. The standard InChI is InChI=1S/C13H13N3S/c1-8(2)9-3-5-10(6-4-9)12-15-11-7-14-16-13(11)17-12/h3-8,11H,1-2H3. The van der Waals surface area contributed by atoms with Gasteiger partial charge >= 0.3 is 0 Å². The molecule has 0 fully saturated rings. The van der Waals surface area contributed by atoms with Gasteiger partial charge in [0, 0.05) is 5.56 Å². The fraction of sp³-hybridized carbons (Fsp3) is 0.308. The van der Waals surface area contributed by atoms with Crippen molar-refractivity contribution in [2.45, 2.75) is 25.8 Å². The van der Waals surface area contributed by atoms with Gasteiger partial charge in [0.1, 0.15) is 16.1 Å². The third-order valence-corrected chi connectivity index (χ3v) is 3.97. The number of aliphatic imine (C=N–C) groups is 1. The fourth-order valence-corrected chi connectivity index (χ4v) is 2.78. The van der Waals surface area contributed by atoms with Crippen LogP contribution in [0.3, 0.4) is 0 Å². The summed E-state index contributed by atoms with van der Waals surface area (Å²) in [6, 6.07) is 8.69. The van der Waals surface area contributed by atoms with Crippen LogP contribution in [0.1, 0.15) is 30.9 Å². The molecule has 2 aliphatic heterocycles. The molecule has 2 aliphatic rings. The highest BCUT2D eigenvalue weighted by molar-refractivity contribution is 8.27. The molecule has 0 radical (unpaired) electrons. The molecule has 0 bridgehead atoms. The summed E-state index contributed by atoms with van der Waals surface area (Å²) in [6.45, 7) is 4.40. The van der Waals surface area contributed by atoms with Gasteiger partial charge in [-0.1, -0.05) is 38.1 Å². The summed E-state index contributed by atoms with van der Waals surface area (Å²) in [5, 5.41) is 9.97. The summed E-state index contributed by atoms with van der Waals surface area (Å²) in [6.07, 6.45) is 1.79. The molecule has 0 saturated heterocycles. The Kier molecular flexibility index (Phi) is 2.59. The molecule has 0 saturated carbocycles. The summed E-state index contributed by atoms with van der Waals surface area (Å²) in [4.78, 5) is 4.59. The number of hydrogen-bond acceptors (Lipinski definition) is 4. The third kappa shape index (κ3) is 1.93. The maximum absolute atomic E-state index is 4.59. The van der Waals surface area contributed by atoms with E-state index in [1.54, 1.807) is 18.0 Å². The van der Waals surface area contributed by atoms with E-state index in [0.717, 1.165) is 10.1 Å². The smallest absolute Gasteiger partial charge is 0.138 e. The largest absolute Gasteiger partial charge is 0.261 e. The van der Waals surface area contributed by atoms with E-state index in [2.05, 4.69) is 53.3 Å². The minimum Gasteiger partial charge on any atom is -0.261 e. The Bertz CT molecular complexity index is 526. The number of fused-ring (bicyclic) bond motifs is 1. The molecule has 1 aromatic carbocycles. The lowest BCUT2D eigenvalue weighted by atomic mass is 10.0. The molecule has 0 N–H and O–H groups in total. The molecular formula is C13H13N3S. The quantitative estimate of drug-likeness (QED) is 0.786. The summed E-state index contributed by atoms with van der Waals surface area (Å²) in [5.74, 6) is 0.568. The lowest BCUT2D eigenvalue weighted by molar-refractivity contribution is 0.866. The first-order chi connectivity index (χ1) is 8.24. The molecule has 86 valence electrons. The van der Waals surface area contributed by atoms with Crippen molar-refractivity contribution in [3.05, 3.63) is 35.4 Å². The van der Waals surface area contributed by atoms with Gasteiger partial charge in [0.25, 0.3) is 0 Å². The first-order valence-corrected chi connectivity index (χ1v) is 6.53. The monoisotopic (exact) mass is 243 g/mol. The summed E-state index contributed by atoms with van der Waals surface area (Å²) < 4.78 is 0. The first-order valence-electron chi connectivity index (χ1n) is 5.71. The molecule has 4 heteroatoms. The average molecular weight is 243 g/mol. The molecule has 1 aromatic rings. The third-order valence-electron chi connectivity index (χ3n) is 2.90. The van der Waals surface area contributed by atoms with E-state index in [4.69, 9.17) is 0 Å². The number of rotatable bonds is 2. The van der Waals surface area contributed by atoms with Crippen molar-refractivity contribution >= 4 is 28.1 Å². The van der Waals surface area contributed by atoms with E-state index < -0.39 is 0 Å². The van der Waals surface area contributed by atoms with E-state index in [1.165, 1.54) is 11.1 Å². The SMILES string of the molecule is CC(C)c1ccc(C2=NC3C=NN=C3S2)cc1. The van der Waals surface area contributed by atoms with E-state index in [-0.39, 0.29) is 6.04 Å². The van der Waals surface area contributed by atoms with Gasteiger partial charge < -0.3 is 0 Å². The van der Waals surface area contributed by atoms with Crippen LogP contribution in [0.4, 0.5) is 0 Å².